The molecule has 0 aliphatic carbocycles. The maximum Gasteiger partial charge on any atom is 0.193 e. The van der Waals surface area contributed by atoms with Crippen LogP contribution in [0.2, 0.25) is 0 Å². The summed E-state index contributed by atoms with van der Waals surface area (Å²) in [5.74, 6) is -0.348. The lowest BCUT2D eigenvalue weighted by Crippen LogP contribution is -2.02. The summed E-state index contributed by atoms with van der Waals surface area (Å²) in [6.07, 6.45) is 1.80. The van der Waals surface area contributed by atoms with E-state index in [1.807, 2.05) is 48.5 Å². The second kappa shape index (κ2) is 6.84. The molecule has 0 spiro atoms. The van der Waals surface area contributed by atoms with Gasteiger partial charge in [0.05, 0.1) is 0 Å². The van der Waals surface area contributed by atoms with E-state index in [1.165, 1.54) is 12.1 Å². The fourth-order valence-corrected chi connectivity index (χ4v) is 2.37. The van der Waals surface area contributed by atoms with E-state index >= 15 is 0 Å². The van der Waals surface area contributed by atoms with Crippen LogP contribution in [0.3, 0.4) is 0 Å². The average Bonchev–Trinajstić information content (AvgIpc) is 2.62. The highest BCUT2D eigenvalue weighted by Gasteiger charge is 2.14. The maximum atomic E-state index is 13.1. The Labute approximate surface area is 134 Å². The minimum absolute atomic E-state index is 0.0545. The van der Waals surface area contributed by atoms with Gasteiger partial charge in [0.1, 0.15) is 5.82 Å². The van der Waals surface area contributed by atoms with Gasteiger partial charge in [0.15, 0.2) is 5.78 Å². The molecule has 2 heteroatoms. The molecule has 0 aliphatic rings. The Morgan fingerprint density at radius 1 is 0.696 bits per heavy atom. The molecule has 0 aliphatic heterocycles. The Morgan fingerprint density at radius 3 is 1.78 bits per heavy atom. The van der Waals surface area contributed by atoms with Crippen molar-refractivity contribution < 1.29 is 9.18 Å². The molecule has 23 heavy (non-hydrogen) atoms. The standard InChI is InChI=1S/C21H15FO/c22-19-13-11-16(12-14-19)15-20(17-7-3-1-4-8-17)21(23)18-9-5-2-6-10-18/h1-15H. The zero-order valence-electron chi connectivity index (χ0n) is 12.4. The Hall–Kier alpha value is -3.00. The van der Waals surface area contributed by atoms with Crippen LogP contribution in [0.15, 0.2) is 84.9 Å². The van der Waals surface area contributed by atoms with E-state index in [0.717, 1.165) is 11.1 Å². The molecule has 1 nitrogen and oxygen atoms in total. The molecule has 112 valence electrons. The van der Waals surface area contributed by atoms with Gasteiger partial charge in [-0.1, -0.05) is 72.8 Å². The lowest BCUT2D eigenvalue weighted by atomic mass is 9.95. The first-order valence-corrected chi connectivity index (χ1v) is 7.36. The molecule has 0 heterocycles. The average molecular weight is 302 g/mol. The van der Waals surface area contributed by atoms with Crippen molar-refractivity contribution in [3.05, 3.63) is 107 Å². The summed E-state index contributed by atoms with van der Waals surface area (Å²) in [6, 6.07) is 24.8. The molecular weight excluding hydrogens is 287 g/mol. The van der Waals surface area contributed by atoms with E-state index in [-0.39, 0.29) is 11.6 Å². The number of carbonyl (C=O) groups is 1. The van der Waals surface area contributed by atoms with Crippen molar-refractivity contribution in [2.24, 2.45) is 0 Å². The monoisotopic (exact) mass is 302 g/mol. The van der Waals surface area contributed by atoms with Crippen LogP contribution < -0.4 is 0 Å². The Morgan fingerprint density at radius 2 is 1.22 bits per heavy atom. The number of benzene rings is 3. The summed E-state index contributed by atoms with van der Waals surface area (Å²) < 4.78 is 13.1. The Bertz CT molecular complexity index is 819. The van der Waals surface area contributed by atoms with E-state index in [0.29, 0.717) is 11.1 Å². The highest BCUT2D eigenvalue weighted by molar-refractivity contribution is 6.32. The quantitative estimate of drug-likeness (QED) is 0.365. The van der Waals surface area contributed by atoms with E-state index < -0.39 is 0 Å². The molecule has 3 aromatic carbocycles. The minimum atomic E-state index is -0.294. The van der Waals surface area contributed by atoms with Crippen LogP contribution in [0.1, 0.15) is 21.5 Å². The molecule has 3 aromatic rings. The Balaban J connectivity index is 2.07. The third-order valence-electron chi connectivity index (χ3n) is 3.55. The molecule has 0 atom stereocenters. The van der Waals surface area contributed by atoms with Gasteiger partial charge < -0.3 is 0 Å². The van der Waals surface area contributed by atoms with Crippen molar-refractivity contribution in [1.82, 2.24) is 0 Å². The van der Waals surface area contributed by atoms with Crippen molar-refractivity contribution in [3.8, 4) is 0 Å². The Kier molecular flexibility index (Phi) is 4.44. The first kappa shape index (κ1) is 14.9. The minimum Gasteiger partial charge on any atom is -0.289 e. The van der Waals surface area contributed by atoms with Crippen LogP contribution in [-0.4, -0.2) is 5.78 Å². The number of ketones is 1. The molecule has 0 fully saturated rings. The molecule has 0 bridgehead atoms. The van der Waals surface area contributed by atoms with Crippen LogP contribution in [0.25, 0.3) is 11.6 Å². The summed E-state index contributed by atoms with van der Waals surface area (Å²) in [6.45, 7) is 0. The predicted octanol–water partition coefficient (Wildman–Crippen LogP) is 5.25. The van der Waals surface area contributed by atoms with Crippen LogP contribution >= 0.6 is 0 Å². The molecule has 3 rings (SSSR count). The number of allylic oxidation sites excluding steroid dienone is 1. The van der Waals surface area contributed by atoms with Gasteiger partial charge in [-0.05, 0) is 29.3 Å². The van der Waals surface area contributed by atoms with Crippen molar-refractivity contribution in [2.45, 2.75) is 0 Å². The second-order valence-electron chi connectivity index (χ2n) is 5.17. The molecule has 0 amide bonds. The first-order chi connectivity index (χ1) is 11.2. The number of hydrogen-bond donors (Lipinski definition) is 0. The van der Waals surface area contributed by atoms with Gasteiger partial charge >= 0.3 is 0 Å². The van der Waals surface area contributed by atoms with E-state index in [9.17, 15) is 9.18 Å². The third kappa shape index (κ3) is 3.61. The van der Waals surface area contributed by atoms with Gasteiger partial charge in [-0.25, -0.2) is 4.39 Å². The largest absolute Gasteiger partial charge is 0.289 e. The van der Waals surface area contributed by atoms with Gasteiger partial charge in [-0.2, -0.15) is 0 Å². The molecular formula is C21H15FO. The van der Waals surface area contributed by atoms with Gasteiger partial charge in [-0.15, -0.1) is 0 Å². The smallest absolute Gasteiger partial charge is 0.193 e. The summed E-state index contributed by atoms with van der Waals surface area (Å²) in [7, 11) is 0. The maximum absolute atomic E-state index is 13.1. The number of rotatable bonds is 4. The lowest BCUT2D eigenvalue weighted by Gasteiger charge is -2.08. The fourth-order valence-electron chi connectivity index (χ4n) is 2.37. The number of carbonyl (C=O) groups excluding carboxylic acids is 1. The van der Waals surface area contributed by atoms with Crippen LogP contribution in [0, 0.1) is 5.82 Å². The predicted molar refractivity (Wildman–Crippen MR) is 91.5 cm³/mol. The molecule has 0 aromatic heterocycles. The van der Waals surface area contributed by atoms with Crippen molar-refractivity contribution >= 4 is 17.4 Å². The van der Waals surface area contributed by atoms with E-state index in [2.05, 4.69) is 0 Å². The van der Waals surface area contributed by atoms with Crippen LogP contribution in [0.4, 0.5) is 4.39 Å². The van der Waals surface area contributed by atoms with Crippen LogP contribution in [-0.2, 0) is 0 Å². The summed E-state index contributed by atoms with van der Waals surface area (Å²) in [5.41, 5.74) is 2.84. The highest BCUT2D eigenvalue weighted by Crippen LogP contribution is 2.23. The number of halogens is 1. The van der Waals surface area contributed by atoms with Crippen LogP contribution in [0.5, 0.6) is 0 Å². The summed E-state index contributed by atoms with van der Waals surface area (Å²) >= 11 is 0. The van der Waals surface area contributed by atoms with Crippen molar-refractivity contribution in [2.75, 3.05) is 0 Å². The zero-order valence-corrected chi connectivity index (χ0v) is 12.4. The summed E-state index contributed by atoms with van der Waals surface area (Å²) in [5, 5.41) is 0. The van der Waals surface area contributed by atoms with E-state index in [4.69, 9.17) is 0 Å². The van der Waals surface area contributed by atoms with Crippen molar-refractivity contribution in [3.63, 3.8) is 0 Å². The molecule has 0 radical (unpaired) electrons. The highest BCUT2D eigenvalue weighted by atomic mass is 19.1. The second-order valence-corrected chi connectivity index (χ2v) is 5.17. The molecule has 0 saturated carbocycles. The van der Waals surface area contributed by atoms with Gasteiger partial charge in [0.2, 0.25) is 0 Å². The van der Waals surface area contributed by atoms with Gasteiger partial charge in [0.25, 0.3) is 0 Å². The van der Waals surface area contributed by atoms with E-state index in [1.54, 1.807) is 30.3 Å². The topological polar surface area (TPSA) is 17.1 Å². The molecule has 0 unspecified atom stereocenters. The first-order valence-electron chi connectivity index (χ1n) is 7.36. The van der Waals surface area contributed by atoms with Gasteiger partial charge in [-0.3, -0.25) is 4.79 Å². The van der Waals surface area contributed by atoms with Crippen molar-refractivity contribution in [1.29, 1.82) is 0 Å². The third-order valence-corrected chi connectivity index (χ3v) is 3.55. The summed E-state index contributed by atoms with van der Waals surface area (Å²) in [4.78, 5) is 12.9. The number of Topliss-reactive ketones (excluding diaryl/α,β-unsaturated/α-hetero) is 1. The number of hydrogen-bond acceptors (Lipinski definition) is 1. The zero-order chi connectivity index (χ0) is 16.1. The molecule has 0 N–H and O–H groups in total. The molecule has 0 saturated heterocycles. The SMILES string of the molecule is O=C(C(=Cc1ccc(F)cc1)c1ccccc1)c1ccccc1. The normalized spacial score (nSPS) is 11.3. The fraction of sp³-hybridized carbons (Fsp3) is 0. The lowest BCUT2D eigenvalue weighted by molar-refractivity contribution is 0.105. The van der Waals surface area contributed by atoms with Gasteiger partial charge in [0, 0.05) is 11.1 Å².